The molecule has 19 heavy (non-hydrogen) atoms. The van der Waals surface area contributed by atoms with Crippen molar-refractivity contribution in [2.24, 2.45) is 0 Å². The van der Waals surface area contributed by atoms with Gasteiger partial charge in [-0.15, -0.1) is 11.3 Å². The summed E-state index contributed by atoms with van der Waals surface area (Å²) in [5, 5.41) is 1.13. The zero-order valence-corrected chi connectivity index (χ0v) is 11.5. The van der Waals surface area contributed by atoms with Crippen molar-refractivity contribution in [1.82, 2.24) is 4.98 Å². The van der Waals surface area contributed by atoms with Crippen molar-refractivity contribution < 1.29 is 0 Å². The van der Waals surface area contributed by atoms with E-state index in [2.05, 4.69) is 49.4 Å². The van der Waals surface area contributed by atoms with Gasteiger partial charge in [0.1, 0.15) is 5.01 Å². The second kappa shape index (κ2) is 4.04. The Hall–Kier alpha value is -1.93. The van der Waals surface area contributed by atoms with Gasteiger partial charge in [-0.3, -0.25) is 0 Å². The molecule has 1 aliphatic rings. The fourth-order valence-corrected chi connectivity index (χ4v) is 3.71. The maximum absolute atomic E-state index is 4.77. The van der Waals surface area contributed by atoms with Gasteiger partial charge in [-0.25, -0.2) is 4.98 Å². The number of aromatic nitrogens is 1. The molecule has 92 valence electrons. The summed E-state index contributed by atoms with van der Waals surface area (Å²) in [6.45, 7) is 2.20. The summed E-state index contributed by atoms with van der Waals surface area (Å²) in [6, 6.07) is 14.9. The van der Waals surface area contributed by atoms with Gasteiger partial charge in [-0.2, -0.15) is 0 Å². The minimum absolute atomic E-state index is 1.08. The highest BCUT2D eigenvalue weighted by molar-refractivity contribution is 7.21. The van der Waals surface area contributed by atoms with E-state index in [1.807, 2.05) is 6.07 Å². The molecule has 0 aliphatic heterocycles. The number of thiazole rings is 1. The minimum atomic E-state index is 1.08. The van der Waals surface area contributed by atoms with Gasteiger partial charge in [-0.1, -0.05) is 42.0 Å². The van der Waals surface area contributed by atoms with Crippen molar-refractivity contribution in [3.63, 3.8) is 0 Å². The van der Waals surface area contributed by atoms with Crippen molar-refractivity contribution in [2.45, 2.75) is 13.3 Å². The molecule has 0 atom stereocenters. The zero-order chi connectivity index (χ0) is 12.8. The van der Waals surface area contributed by atoms with Crippen LogP contribution in [0.15, 0.2) is 48.0 Å². The lowest BCUT2D eigenvalue weighted by Gasteiger charge is -2.03. The summed E-state index contributed by atoms with van der Waals surface area (Å²) in [5.74, 6) is 0. The summed E-state index contributed by atoms with van der Waals surface area (Å²) in [4.78, 5) is 4.77. The highest BCUT2D eigenvalue weighted by Gasteiger charge is 2.16. The number of hydrogen-bond acceptors (Lipinski definition) is 2. The number of hydrogen-bond donors (Lipinski definition) is 0. The molecule has 0 fully saturated rings. The molecule has 1 aromatic heterocycles. The second-order valence-corrected chi connectivity index (χ2v) is 6.06. The Kier molecular flexibility index (Phi) is 2.32. The Labute approximate surface area is 116 Å². The van der Waals surface area contributed by atoms with Gasteiger partial charge in [0, 0.05) is 5.56 Å². The summed E-state index contributed by atoms with van der Waals surface area (Å²) in [6.07, 6.45) is 3.38. The Morgan fingerprint density at radius 2 is 1.95 bits per heavy atom. The van der Waals surface area contributed by atoms with E-state index in [-0.39, 0.29) is 0 Å². The van der Waals surface area contributed by atoms with Gasteiger partial charge in [-0.05, 0) is 36.6 Å². The van der Waals surface area contributed by atoms with Crippen LogP contribution in [0.25, 0.3) is 26.9 Å². The minimum Gasteiger partial charge on any atom is -0.236 e. The monoisotopic (exact) mass is 263 g/mol. The highest BCUT2D eigenvalue weighted by atomic mass is 32.1. The van der Waals surface area contributed by atoms with Crippen LogP contribution in [0.4, 0.5) is 0 Å². The first-order valence-corrected chi connectivity index (χ1v) is 7.28. The lowest BCUT2D eigenvalue weighted by molar-refractivity contribution is 1.20. The topological polar surface area (TPSA) is 12.9 Å². The van der Waals surface area contributed by atoms with Crippen molar-refractivity contribution in [3.05, 3.63) is 59.2 Å². The average molecular weight is 263 g/mol. The van der Waals surface area contributed by atoms with Gasteiger partial charge in [0.25, 0.3) is 0 Å². The molecule has 0 radical (unpaired) electrons. The smallest absolute Gasteiger partial charge is 0.125 e. The van der Waals surface area contributed by atoms with Crippen molar-refractivity contribution in [2.75, 3.05) is 0 Å². The third kappa shape index (κ3) is 1.71. The van der Waals surface area contributed by atoms with Gasteiger partial charge < -0.3 is 0 Å². The molecule has 1 nitrogen and oxygen atoms in total. The van der Waals surface area contributed by atoms with Gasteiger partial charge >= 0.3 is 0 Å². The van der Waals surface area contributed by atoms with E-state index < -0.39 is 0 Å². The highest BCUT2D eigenvalue weighted by Crippen LogP contribution is 2.37. The summed E-state index contributed by atoms with van der Waals surface area (Å²) in [7, 11) is 0. The Bertz CT molecular complexity index is 778. The molecular weight excluding hydrogens is 250 g/mol. The molecule has 2 aromatic carbocycles. The molecule has 0 saturated heterocycles. The maximum atomic E-state index is 4.77. The normalized spacial score (nSPS) is 13.6. The van der Waals surface area contributed by atoms with Crippen molar-refractivity contribution in [3.8, 4) is 10.6 Å². The van der Waals surface area contributed by atoms with Crippen LogP contribution >= 0.6 is 11.3 Å². The second-order valence-electron chi connectivity index (χ2n) is 5.03. The first-order valence-electron chi connectivity index (χ1n) is 6.46. The van der Waals surface area contributed by atoms with E-state index in [1.165, 1.54) is 27.0 Å². The number of para-hydroxylation sites is 1. The predicted octanol–water partition coefficient (Wildman–Crippen LogP) is 4.92. The van der Waals surface area contributed by atoms with Crippen LogP contribution in [0.2, 0.25) is 0 Å². The fraction of sp³-hybridized carbons (Fsp3) is 0.118. The molecule has 0 spiro atoms. The number of rotatable bonds is 1. The molecule has 0 saturated carbocycles. The number of allylic oxidation sites excluding steroid dienone is 1. The van der Waals surface area contributed by atoms with E-state index in [4.69, 9.17) is 4.98 Å². The van der Waals surface area contributed by atoms with Crippen LogP contribution in [0.1, 0.15) is 18.1 Å². The van der Waals surface area contributed by atoms with Gasteiger partial charge in [0.2, 0.25) is 0 Å². The molecule has 1 heterocycles. The fourth-order valence-electron chi connectivity index (χ4n) is 2.71. The molecule has 0 N–H and O–H groups in total. The molecule has 1 aliphatic carbocycles. The summed E-state index contributed by atoms with van der Waals surface area (Å²) in [5.41, 5.74) is 6.59. The lowest BCUT2D eigenvalue weighted by atomic mass is 10.0. The number of fused-ring (bicyclic) bond motifs is 2. The van der Waals surface area contributed by atoms with Crippen LogP contribution < -0.4 is 0 Å². The molecule has 0 unspecified atom stereocenters. The molecule has 2 heteroatoms. The van der Waals surface area contributed by atoms with Crippen LogP contribution in [0, 0.1) is 0 Å². The Balaban J connectivity index is 1.96. The molecule has 0 amide bonds. The predicted molar refractivity (Wildman–Crippen MR) is 82.4 cm³/mol. The van der Waals surface area contributed by atoms with E-state index in [1.54, 1.807) is 11.3 Å². The van der Waals surface area contributed by atoms with Crippen LogP contribution in [-0.4, -0.2) is 4.98 Å². The largest absolute Gasteiger partial charge is 0.236 e. The van der Waals surface area contributed by atoms with Crippen LogP contribution in [0.5, 0.6) is 0 Å². The summed E-state index contributed by atoms with van der Waals surface area (Å²) >= 11 is 1.78. The van der Waals surface area contributed by atoms with E-state index >= 15 is 0 Å². The Morgan fingerprint density at radius 1 is 1.05 bits per heavy atom. The Morgan fingerprint density at radius 3 is 2.84 bits per heavy atom. The van der Waals surface area contributed by atoms with E-state index in [0.717, 1.165) is 16.9 Å². The van der Waals surface area contributed by atoms with Crippen LogP contribution in [-0.2, 0) is 6.42 Å². The average Bonchev–Trinajstić information content (AvgIpc) is 2.99. The zero-order valence-electron chi connectivity index (χ0n) is 10.7. The molecule has 4 rings (SSSR count). The van der Waals surface area contributed by atoms with Crippen molar-refractivity contribution in [1.29, 1.82) is 0 Å². The van der Waals surface area contributed by atoms with Gasteiger partial charge in [0.05, 0.1) is 10.2 Å². The standard InChI is InChI=1S/C17H13NS/c1-11-9-12-5-4-6-13(14(12)10-11)17-18-15-7-2-3-8-16(15)19-17/h2-8,10H,9H2,1H3. The number of nitrogens with zero attached hydrogens (tertiary/aromatic N) is 1. The quantitative estimate of drug-likeness (QED) is 0.607. The SMILES string of the molecule is CC1=Cc2c(cccc2-c2nc3ccccc3s2)C1. The first-order chi connectivity index (χ1) is 9.31. The first kappa shape index (κ1) is 10.9. The van der Waals surface area contributed by atoms with Crippen LogP contribution in [0.3, 0.4) is 0 Å². The van der Waals surface area contributed by atoms with E-state index in [0.29, 0.717) is 0 Å². The lowest BCUT2D eigenvalue weighted by Crippen LogP contribution is -1.86. The molecular formula is C17H13NS. The third-order valence-corrected chi connectivity index (χ3v) is 4.65. The maximum Gasteiger partial charge on any atom is 0.125 e. The van der Waals surface area contributed by atoms with Crippen molar-refractivity contribution >= 4 is 27.6 Å². The van der Waals surface area contributed by atoms with Gasteiger partial charge in [0.15, 0.2) is 0 Å². The molecule has 3 aromatic rings. The molecule has 0 bridgehead atoms. The summed E-state index contributed by atoms with van der Waals surface area (Å²) < 4.78 is 1.26. The third-order valence-electron chi connectivity index (χ3n) is 3.58. The number of benzene rings is 2. The van der Waals surface area contributed by atoms with E-state index in [9.17, 15) is 0 Å².